The van der Waals surface area contributed by atoms with Crippen LogP contribution < -0.4 is 5.32 Å². The third-order valence-corrected chi connectivity index (χ3v) is 3.85. The molecule has 0 bridgehead atoms. The number of rotatable bonds is 4. The summed E-state index contributed by atoms with van der Waals surface area (Å²) in [5.74, 6) is 0.913. The zero-order valence-electron chi connectivity index (χ0n) is 14.3. The minimum absolute atomic E-state index is 0.0918. The predicted molar refractivity (Wildman–Crippen MR) is 92.8 cm³/mol. The van der Waals surface area contributed by atoms with Gasteiger partial charge < -0.3 is 5.32 Å². The van der Waals surface area contributed by atoms with Crippen molar-refractivity contribution in [3.63, 3.8) is 0 Å². The number of aryl methyl sites for hydroxylation is 2. The van der Waals surface area contributed by atoms with Gasteiger partial charge in [-0.25, -0.2) is 19.5 Å². The number of hydrogen-bond acceptors (Lipinski definition) is 6. The standard InChI is InChI=1S/C17H16N8O/c1-11-7-12(2)25-17(21-11)22-15(23-25)16(26)20-9-13-3-4-14(19-8-13)24-6-5-18-10-24/h3-8,10H,9H2,1-2H3,(H,20,26). The van der Waals surface area contributed by atoms with Crippen LogP contribution in [0.3, 0.4) is 0 Å². The first kappa shape index (κ1) is 15.9. The van der Waals surface area contributed by atoms with Gasteiger partial charge in [-0.3, -0.25) is 9.36 Å². The molecule has 4 aromatic rings. The molecule has 26 heavy (non-hydrogen) atoms. The monoisotopic (exact) mass is 348 g/mol. The topological polar surface area (TPSA) is 103 Å². The molecule has 0 saturated carbocycles. The van der Waals surface area contributed by atoms with Crippen molar-refractivity contribution in [2.75, 3.05) is 0 Å². The average Bonchev–Trinajstić information content (AvgIpc) is 3.30. The molecular weight excluding hydrogens is 332 g/mol. The fourth-order valence-electron chi connectivity index (χ4n) is 2.59. The van der Waals surface area contributed by atoms with E-state index in [0.29, 0.717) is 12.3 Å². The number of hydrogen-bond donors (Lipinski definition) is 1. The molecule has 9 heteroatoms. The number of fused-ring (bicyclic) bond motifs is 1. The molecule has 9 nitrogen and oxygen atoms in total. The van der Waals surface area contributed by atoms with Crippen molar-refractivity contribution in [3.8, 4) is 5.82 Å². The van der Waals surface area contributed by atoms with Crippen LogP contribution in [0.15, 0.2) is 43.1 Å². The summed E-state index contributed by atoms with van der Waals surface area (Å²) >= 11 is 0. The van der Waals surface area contributed by atoms with Gasteiger partial charge in [-0.15, -0.1) is 5.10 Å². The van der Waals surface area contributed by atoms with Crippen molar-refractivity contribution in [2.24, 2.45) is 0 Å². The molecule has 1 amide bonds. The van der Waals surface area contributed by atoms with Crippen molar-refractivity contribution < 1.29 is 4.79 Å². The molecule has 4 rings (SSSR count). The molecule has 0 spiro atoms. The fraction of sp³-hybridized carbons (Fsp3) is 0.176. The number of carbonyl (C=O) groups excluding carboxylic acids is 1. The van der Waals surface area contributed by atoms with Gasteiger partial charge in [-0.05, 0) is 31.5 Å². The highest BCUT2D eigenvalue weighted by Crippen LogP contribution is 2.07. The lowest BCUT2D eigenvalue weighted by Gasteiger charge is -2.04. The summed E-state index contributed by atoms with van der Waals surface area (Å²) in [6.45, 7) is 4.10. The van der Waals surface area contributed by atoms with Crippen LogP contribution in [0.5, 0.6) is 0 Å². The first-order valence-corrected chi connectivity index (χ1v) is 8.02. The maximum Gasteiger partial charge on any atom is 0.291 e. The number of pyridine rings is 1. The zero-order valence-corrected chi connectivity index (χ0v) is 14.3. The molecule has 0 aliphatic heterocycles. The molecule has 0 aromatic carbocycles. The van der Waals surface area contributed by atoms with Gasteiger partial charge in [0.15, 0.2) is 0 Å². The van der Waals surface area contributed by atoms with E-state index in [-0.39, 0.29) is 11.7 Å². The Bertz CT molecular complexity index is 1070. The van der Waals surface area contributed by atoms with Crippen molar-refractivity contribution in [1.29, 1.82) is 0 Å². The number of nitrogens with zero attached hydrogens (tertiary/aromatic N) is 7. The van der Waals surface area contributed by atoms with E-state index in [2.05, 4.69) is 30.4 Å². The van der Waals surface area contributed by atoms with Crippen LogP contribution in [0.1, 0.15) is 27.6 Å². The molecule has 0 unspecified atom stereocenters. The van der Waals surface area contributed by atoms with Crippen molar-refractivity contribution in [3.05, 3.63) is 65.9 Å². The highest BCUT2D eigenvalue weighted by molar-refractivity contribution is 5.90. The number of amides is 1. The van der Waals surface area contributed by atoms with Crippen LogP contribution in [0.4, 0.5) is 0 Å². The summed E-state index contributed by atoms with van der Waals surface area (Å²) < 4.78 is 3.36. The van der Waals surface area contributed by atoms with Crippen LogP contribution in [0.25, 0.3) is 11.6 Å². The number of aromatic nitrogens is 7. The Morgan fingerprint density at radius 2 is 2.12 bits per heavy atom. The minimum Gasteiger partial charge on any atom is -0.345 e. The zero-order chi connectivity index (χ0) is 18.1. The summed E-state index contributed by atoms with van der Waals surface area (Å²) in [5.41, 5.74) is 2.58. The Morgan fingerprint density at radius 3 is 2.85 bits per heavy atom. The summed E-state index contributed by atoms with van der Waals surface area (Å²) in [7, 11) is 0. The molecule has 0 aliphatic carbocycles. The largest absolute Gasteiger partial charge is 0.345 e. The van der Waals surface area contributed by atoms with Gasteiger partial charge in [0, 0.05) is 36.5 Å². The van der Waals surface area contributed by atoms with E-state index < -0.39 is 0 Å². The van der Waals surface area contributed by atoms with E-state index in [1.807, 2.05) is 38.2 Å². The molecule has 4 heterocycles. The van der Waals surface area contributed by atoms with Gasteiger partial charge in [0.2, 0.25) is 5.82 Å². The van der Waals surface area contributed by atoms with Crippen LogP contribution in [0, 0.1) is 13.8 Å². The van der Waals surface area contributed by atoms with Crippen LogP contribution in [-0.2, 0) is 6.54 Å². The lowest BCUT2D eigenvalue weighted by Crippen LogP contribution is -2.24. The van der Waals surface area contributed by atoms with E-state index in [1.165, 1.54) is 0 Å². The molecular formula is C17H16N8O. The molecule has 1 N–H and O–H groups in total. The maximum atomic E-state index is 12.3. The second-order valence-electron chi connectivity index (χ2n) is 5.86. The van der Waals surface area contributed by atoms with Gasteiger partial charge >= 0.3 is 0 Å². The summed E-state index contributed by atoms with van der Waals surface area (Å²) in [6.07, 6.45) is 6.89. The minimum atomic E-state index is -0.355. The molecule has 0 fully saturated rings. The van der Waals surface area contributed by atoms with E-state index >= 15 is 0 Å². The number of nitrogens with one attached hydrogen (secondary N) is 1. The summed E-state index contributed by atoms with van der Waals surface area (Å²) in [4.78, 5) is 29.2. The molecule has 0 atom stereocenters. The van der Waals surface area contributed by atoms with E-state index in [4.69, 9.17) is 0 Å². The molecule has 4 aromatic heterocycles. The van der Waals surface area contributed by atoms with Gasteiger partial charge in [0.25, 0.3) is 11.7 Å². The highest BCUT2D eigenvalue weighted by Gasteiger charge is 2.14. The van der Waals surface area contributed by atoms with Crippen LogP contribution in [-0.4, -0.2) is 40.0 Å². The number of imidazole rings is 1. The van der Waals surface area contributed by atoms with Gasteiger partial charge in [-0.2, -0.15) is 4.98 Å². The highest BCUT2D eigenvalue weighted by atomic mass is 16.2. The lowest BCUT2D eigenvalue weighted by atomic mass is 10.3. The van der Waals surface area contributed by atoms with Crippen LogP contribution in [0.2, 0.25) is 0 Å². The lowest BCUT2D eigenvalue weighted by molar-refractivity contribution is 0.0940. The normalized spacial score (nSPS) is 11.0. The quantitative estimate of drug-likeness (QED) is 0.595. The first-order valence-electron chi connectivity index (χ1n) is 8.02. The second-order valence-corrected chi connectivity index (χ2v) is 5.86. The van der Waals surface area contributed by atoms with E-state index in [9.17, 15) is 4.79 Å². The summed E-state index contributed by atoms with van der Waals surface area (Å²) in [5, 5.41) is 7.02. The smallest absolute Gasteiger partial charge is 0.291 e. The molecule has 0 aliphatic rings. The molecule has 0 saturated heterocycles. The van der Waals surface area contributed by atoms with Crippen molar-refractivity contribution >= 4 is 11.7 Å². The van der Waals surface area contributed by atoms with Crippen molar-refractivity contribution in [2.45, 2.75) is 20.4 Å². The number of carbonyl (C=O) groups is 1. The Labute approximate surface area is 148 Å². The Kier molecular flexibility index (Phi) is 3.88. The Balaban J connectivity index is 1.46. The molecule has 0 radical (unpaired) electrons. The second kappa shape index (κ2) is 6.36. The molecule has 130 valence electrons. The van der Waals surface area contributed by atoms with Crippen LogP contribution >= 0.6 is 0 Å². The van der Waals surface area contributed by atoms with E-state index in [1.54, 1.807) is 27.8 Å². The third-order valence-electron chi connectivity index (χ3n) is 3.85. The van der Waals surface area contributed by atoms with E-state index in [0.717, 1.165) is 22.8 Å². The van der Waals surface area contributed by atoms with Gasteiger partial charge in [0.1, 0.15) is 12.1 Å². The summed E-state index contributed by atoms with van der Waals surface area (Å²) in [6, 6.07) is 5.65. The first-order chi connectivity index (χ1) is 12.6. The third kappa shape index (κ3) is 3.02. The Hall–Kier alpha value is -3.62. The van der Waals surface area contributed by atoms with Gasteiger partial charge in [-0.1, -0.05) is 6.07 Å². The fourth-order valence-corrected chi connectivity index (χ4v) is 2.59. The maximum absolute atomic E-state index is 12.3. The predicted octanol–water partition coefficient (Wildman–Crippen LogP) is 1.25. The average molecular weight is 348 g/mol. The Morgan fingerprint density at radius 1 is 1.23 bits per heavy atom. The SMILES string of the molecule is Cc1cc(C)n2nc(C(=O)NCc3ccc(-n4ccnc4)nc3)nc2n1. The van der Waals surface area contributed by atoms with Gasteiger partial charge in [0.05, 0.1) is 0 Å². The van der Waals surface area contributed by atoms with Crippen molar-refractivity contribution in [1.82, 2.24) is 39.4 Å².